The molecule has 5 fully saturated rings. The van der Waals surface area contributed by atoms with E-state index in [2.05, 4.69) is 45.4 Å². The molecule has 5 aliphatic rings. The van der Waals surface area contributed by atoms with E-state index in [1.807, 2.05) is 0 Å². The van der Waals surface area contributed by atoms with Gasteiger partial charge in [0.1, 0.15) is 0 Å². The Morgan fingerprint density at radius 1 is 1.04 bits per heavy atom. The molecule has 3 atom stereocenters. The molecule has 5 saturated heterocycles. The highest BCUT2D eigenvalue weighted by Crippen LogP contribution is 2.43. The van der Waals surface area contributed by atoms with E-state index >= 15 is 0 Å². The highest BCUT2D eigenvalue weighted by molar-refractivity contribution is 5.79. The van der Waals surface area contributed by atoms with E-state index in [-0.39, 0.29) is 23.3 Å². The molecule has 1 aromatic rings. The van der Waals surface area contributed by atoms with Gasteiger partial charge in [-0.05, 0) is 18.4 Å². The third-order valence-electron chi connectivity index (χ3n) is 7.03. The van der Waals surface area contributed by atoms with Gasteiger partial charge in [0.25, 0.3) is 0 Å². The zero-order valence-electron chi connectivity index (χ0n) is 15.4. The molecule has 1 N–H and O–H groups in total. The quantitative estimate of drug-likeness (QED) is 0.882. The van der Waals surface area contributed by atoms with Crippen LogP contribution >= 0.6 is 0 Å². The monoisotopic (exact) mass is 355 g/mol. The van der Waals surface area contributed by atoms with E-state index in [1.165, 1.54) is 5.56 Å². The van der Waals surface area contributed by atoms with Gasteiger partial charge >= 0.3 is 0 Å². The van der Waals surface area contributed by atoms with Crippen LogP contribution < -0.4 is 5.32 Å². The first-order valence-electron chi connectivity index (χ1n) is 10.1. The Morgan fingerprint density at radius 3 is 2.35 bits per heavy atom. The maximum absolute atomic E-state index is 13.1. The summed E-state index contributed by atoms with van der Waals surface area (Å²) in [6.07, 6.45) is 1.72. The van der Waals surface area contributed by atoms with Gasteiger partial charge in [-0.1, -0.05) is 30.3 Å². The van der Waals surface area contributed by atoms with Crippen molar-refractivity contribution in [3.8, 4) is 0 Å². The lowest BCUT2D eigenvalue weighted by atomic mass is 9.64. The second kappa shape index (κ2) is 6.63. The molecule has 140 valence electrons. The Hall–Kier alpha value is -1.43. The molecule has 6 rings (SSSR count). The maximum Gasteiger partial charge on any atom is 0.223 e. The molecule has 0 radical (unpaired) electrons. The van der Waals surface area contributed by atoms with Crippen molar-refractivity contribution >= 4 is 5.91 Å². The smallest absolute Gasteiger partial charge is 0.223 e. The zero-order chi connectivity index (χ0) is 17.6. The van der Waals surface area contributed by atoms with Gasteiger partial charge in [0.05, 0.1) is 0 Å². The molecule has 1 aromatic carbocycles. The standard InChI is InChI=1S/C21H29N3O2/c25-20(16-6-10-26-11-7-16)22-19-17-12-23-8-9-24(13-17)15-21(19,14-23)18-4-2-1-3-5-18/h1-5,16-17,19H,6-15H2,(H,22,25)/t17?,19-,21?/m1/s1. The number of nitrogens with zero attached hydrogens (tertiary/aromatic N) is 2. The average molecular weight is 355 g/mol. The molecule has 2 unspecified atom stereocenters. The van der Waals surface area contributed by atoms with Crippen molar-refractivity contribution in [2.75, 3.05) is 52.5 Å². The molecule has 5 nitrogen and oxygen atoms in total. The highest BCUT2D eigenvalue weighted by Gasteiger charge is 2.55. The largest absolute Gasteiger partial charge is 0.381 e. The van der Waals surface area contributed by atoms with E-state index in [9.17, 15) is 4.79 Å². The van der Waals surface area contributed by atoms with Gasteiger partial charge < -0.3 is 19.9 Å². The SMILES string of the molecule is O=C(N[C@@H]1C2CN3CCN(C2)CC1(c1ccccc1)C3)C1CCOCC1. The van der Waals surface area contributed by atoms with Crippen LogP contribution in [0.25, 0.3) is 0 Å². The van der Waals surface area contributed by atoms with Crippen molar-refractivity contribution in [3.63, 3.8) is 0 Å². The van der Waals surface area contributed by atoms with Gasteiger partial charge in [0.15, 0.2) is 0 Å². The number of hydrogen-bond acceptors (Lipinski definition) is 4. The number of ether oxygens (including phenoxy) is 1. The van der Waals surface area contributed by atoms with E-state index in [0.29, 0.717) is 5.92 Å². The van der Waals surface area contributed by atoms with Crippen molar-refractivity contribution in [3.05, 3.63) is 35.9 Å². The Morgan fingerprint density at radius 2 is 1.69 bits per heavy atom. The molecule has 0 aliphatic carbocycles. The molecule has 5 aliphatic heterocycles. The lowest BCUT2D eigenvalue weighted by Gasteiger charge is -2.56. The van der Waals surface area contributed by atoms with E-state index in [1.54, 1.807) is 0 Å². The molecule has 0 spiro atoms. The maximum atomic E-state index is 13.1. The van der Waals surface area contributed by atoms with Gasteiger partial charge in [0, 0.05) is 75.8 Å². The van der Waals surface area contributed by atoms with Crippen LogP contribution in [0.3, 0.4) is 0 Å². The third kappa shape index (κ3) is 2.77. The fourth-order valence-corrected chi connectivity index (χ4v) is 5.80. The summed E-state index contributed by atoms with van der Waals surface area (Å²) < 4.78 is 5.45. The Kier molecular flexibility index (Phi) is 4.26. The molecular weight excluding hydrogens is 326 g/mol. The summed E-state index contributed by atoms with van der Waals surface area (Å²) in [6.45, 7) is 8.10. The number of piperidine rings is 2. The lowest BCUT2D eigenvalue weighted by Crippen LogP contribution is -2.71. The topological polar surface area (TPSA) is 44.8 Å². The molecular formula is C21H29N3O2. The Bertz CT molecular complexity index is 642. The molecule has 5 heterocycles. The van der Waals surface area contributed by atoms with Crippen LogP contribution in [-0.4, -0.2) is 74.2 Å². The highest BCUT2D eigenvalue weighted by atomic mass is 16.5. The fraction of sp³-hybridized carbons (Fsp3) is 0.667. The predicted molar refractivity (Wildman–Crippen MR) is 100.0 cm³/mol. The average Bonchev–Trinajstić information content (AvgIpc) is 2.94. The van der Waals surface area contributed by atoms with E-state index in [4.69, 9.17) is 4.74 Å². The van der Waals surface area contributed by atoms with Gasteiger partial charge in [-0.3, -0.25) is 4.79 Å². The summed E-state index contributed by atoms with van der Waals surface area (Å²) in [5.74, 6) is 0.894. The van der Waals surface area contributed by atoms with Crippen molar-refractivity contribution < 1.29 is 9.53 Å². The summed E-state index contributed by atoms with van der Waals surface area (Å²) in [7, 11) is 0. The van der Waals surface area contributed by atoms with Crippen LogP contribution in [0.5, 0.6) is 0 Å². The Balaban J connectivity index is 1.47. The van der Waals surface area contributed by atoms with Crippen molar-refractivity contribution in [2.45, 2.75) is 24.3 Å². The van der Waals surface area contributed by atoms with Crippen LogP contribution in [0.1, 0.15) is 18.4 Å². The second-order valence-corrected chi connectivity index (χ2v) is 8.63. The minimum atomic E-state index is 0.0136. The van der Waals surface area contributed by atoms with E-state index in [0.717, 1.165) is 65.3 Å². The molecule has 26 heavy (non-hydrogen) atoms. The number of nitrogens with one attached hydrogen (secondary N) is 1. The van der Waals surface area contributed by atoms with Gasteiger partial charge in [-0.25, -0.2) is 0 Å². The second-order valence-electron chi connectivity index (χ2n) is 8.63. The summed E-state index contributed by atoms with van der Waals surface area (Å²) in [4.78, 5) is 18.3. The number of carbonyl (C=O) groups excluding carboxylic acids is 1. The molecule has 4 bridgehead atoms. The lowest BCUT2D eigenvalue weighted by molar-refractivity contribution is -0.131. The van der Waals surface area contributed by atoms with Crippen LogP contribution in [0.4, 0.5) is 0 Å². The minimum absolute atomic E-state index is 0.0136. The third-order valence-corrected chi connectivity index (χ3v) is 7.03. The van der Waals surface area contributed by atoms with Crippen molar-refractivity contribution in [2.24, 2.45) is 11.8 Å². The van der Waals surface area contributed by atoms with Crippen molar-refractivity contribution in [1.82, 2.24) is 15.1 Å². The number of benzene rings is 1. The molecule has 5 heteroatoms. The number of rotatable bonds is 3. The van der Waals surface area contributed by atoms with Crippen molar-refractivity contribution in [1.29, 1.82) is 0 Å². The zero-order valence-corrected chi connectivity index (χ0v) is 15.4. The normalized spacial score (nSPS) is 39.5. The minimum Gasteiger partial charge on any atom is -0.381 e. The molecule has 0 saturated carbocycles. The van der Waals surface area contributed by atoms with E-state index < -0.39 is 0 Å². The van der Waals surface area contributed by atoms with Gasteiger partial charge in [-0.15, -0.1) is 0 Å². The Labute approximate surface area is 155 Å². The van der Waals surface area contributed by atoms with Gasteiger partial charge in [-0.2, -0.15) is 0 Å². The van der Waals surface area contributed by atoms with Gasteiger partial charge in [0.2, 0.25) is 5.91 Å². The molecule has 0 aromatic heterocycles. The first-order chi connectivity index (χ1) is 12.7. The molecule has 1 amide bonds. The number of hydrogen-bond donors (Lipinski definition) is 1. The fourth-order valence-electron chi connectivity index (χ4n) is 5.80. The number of carbonyl (C=O) groups is 1. The first kappa shape index (κ1) is 16.7. The summed E-state index contributed by atoms with van der Waals surface area (Å²) in [5.41, 5.74) is 1.40. The number of fused-ring (bicyclic) bond motifs is 1. The summed E-state index contributed by atoms with van der Waals surface area (Å²) >= 11 is 0. The first-order valence-corrected chi connectivity index (χ1v) is 10.1. The van der Waals surface area contributed by atoms with Crippen LogP contribution in [0.2, 0.25) is 0 Å². The summed E-state index contributed by atoms with van der Waals surface area (Å²) in [6, 6.07) is 11.2. The van der Waals surface area contributed by atoms with Crippen LogP contribution in [-0.2, 0) is 14.9 Å². The van der Waals surface area contributed by atoms with Crippen LogP contribution in [0, 0.1) is 11.8 Å². The predicted octanol–water partition coefficient (Wildman–Crippen LogP) is 1.10. The number of amides is 1. The summed E-state index contributed by atoms with van der Waals surface area (Å²) in [5, 5.41) is 3.55. The van der Waals surface area contributed by atoms with Crippen LogP contribution in [0.15, 0.2) is 30.3 Å².